The van der Waals surface area contributed by atoms with Crippen LogP contribution in [0.25, 0.3) is 11.2 Å². The van der Waals surface area contributed by atoms with Gasteiger partial charge in [-0.15, -0.1) is 13.2 Å². The molecule has 1 fully saturated rings. The van der Waals surface area contributed by atoms with Crippen LogP contribution < -0.4 is 20.7 Å². The zero-order chi connectivity index (χ0) is 29.0. The number of aryl methyl sites for hydroxylation is 2. The molecule has 2 aromatic heterocycles. The molecule has 1 amide bonds. The van der Waals surface area contributed by atoms with Crippen molar-refractivity contribution in [3.05, 3.63) is 83.3 Å². The van der Waals surface area contributed by atoms with Gasteiger partial charge in [-0.1, -0.05) is 24.3 Å². The number of aromatic nitrogens is 3. The Morgan fingerprint density at radius 3 is 2.61 bits per heavy atom. The van der Waals surface area contributed by atoms with Crippen LogP contribution in [0, 0.1) is 6.92 Å². The first kappa shape index (κ1) is 28.4. The third kappa shape index (κ3) is 7.55. The number of rotatable bonds is 10. The number of carbonyl (C=O) groups is 1. The largest absolute Gasteiger partial charge is 0.573 e. The Kier molecular flexibility index (Phi) is 8.44. The molecular formula is C30H33F3N6O2. The molecule has 1 aliphatic rings. The minimum absolute atomic E-state index is 0.104. The van der Waals surface area contributed by atoms with Gasteiger partial charge in [-0.25, -0.2) is 9.97 Å². The average Bonchev–Trinajstić information content (AvgIpc) is 3.55. The normalized spacial score (nSPS) is 16.1. The second kappa shape index (κ2) is 12.2. The van der Waals surface area contributed by atoms with Gasteiger partial charge in [0.25, 0.3) is 0 Å². The van der Waals surface area contributed by atoms with Crippen molar-refractivity contribution in [2.45, 2.75) is 58.1 Å². The number of imidazole rings is 1. The fraction of sp³-hybridized carbons (Fsp3) is 0.367. The van der Waals surface area contributed by atoms with Gasteiger partial charge in [0, 0.05) is 37.3 Å². The molecule has 3 N–H and O–H groups in total. The number of pyridine rings is 1. The molecule has 8 nitrogen and oxygen atoms in total. The molecule has 0 radical (unpaired) electrons. The molecule has 0 spiro atoms. The third-order valence-electron chi connectivity index (χ3n) is 7.09. The minimum Gasteiger partial charge on any atom is -0.406 e. The molecule has 0 saturated carbocycles. The van der Waals surface area contributed by atoms with Gasteiger partial charge in [-0.05, 0) is 73.8 Å². The van der Waals surface area contributed by atoms with Gasteiger partial charge in [0.15, 0.2) is 5.65 Å². The molecule has 2 atom stereocenters. The van der Waals surface area contributed by atoms with Crippen molar-refractivity contribution in [1.82, 2.24) is 25.2 Å². The first-order valence-corrected chi connectivity index (χ1v) is 13.7. The number of nitrogens with zero attached hydrogens (tertiary/aromatic N) is 3. The molecule has 3 heterocycles. The fourth-order valence-electron chi connectivity index (χ4n) is 5.00. The van der Waals surface area contributed by atoms with Crippen molar-refractivity contribution in [2.24, 2.45) is 0 Å². The van der Waals surface area contributed by atoms with E-state index in [-0.39, 0.29) is 24.1 Å². The number of nitrogens with one attached hydrogen (secondary N) is 3. The van der Waals surface area contributed by atoms with E-state index in [4.69, 9.17) is 4.98 Å². The summed E-state index contributed by atoms with van der Waals surface area (Å²) >= 11 is 0. The highest BCUT2D eigenvalue weighted by Gasteiger charge is 2.31. The van der Waals surface area contributed by atoms with Crippen LogP contribution in [0.2, 0.25) is 0 Å². The molecular weight excluding hydrogens is 533 g/mol. The Balaban J connectivity index is 1.23. The maximum Gasteiger partial charge on any atom is 0.573 e. The van der Waals surface area contributed by atoms with Crippen molar-refractivity contribution in [3.63, 3.8) is 0 Å². The Morgan fingerprint density at radius 1 is 1.17 bits per heavy atom. The van der Waals surface area contributed by atoms with Crippen LogP contribution in [0.15, 0.2) is 60.8 Å². The van der Waals surface area contributed by atoms with E-state index >= 15 is 0 Å². The number of halogens is 3. The van der Waals surface area contributed by atoms with Crippen LogP contribution in [0.5, 0.6) is 5.75 Å². The number of carbonyl (C=O) groups excluding carboxylic acids is 1. The SMILES string of the molecule is Cc1cnc2c(c1)nc(CCC(=O)NC(C)c1ccc(N[C@H]3CCNC3)cc1)n2Cc1ccc(OC(F)(F)F)cc1. The lowest BCUT2D eigenvalue weighted by atomic mass is 10.1. The summed E-state index contributed by atoms with van der Waals surface area (Å²) in [6.07, 6.45) is -1.31. The number of anilines is 1. The van der Waals surface area contributed by atoms with E-state index in [1.165, 1.54) is 12.1 Å². The van der Waals surface area contributed by atoms with Crippen LogP contribution >= 0.6 is 0 Å². The lowest BCUT2D eigenvalue weighted by Crippen LogP contribution is -2.27. The molecule has 1 saturated heterocycles. The Labute approximate surface area is 236 Å². The molecule has 0 aliphatic carbocycles. The number of amides is 1. The van der Waals surface area contributed by atoms with Gasteiger partial charge in [0.05, 0.1) is 12.6 Å². The van der Waals surface area contributed by atoms with E-state index in [1.807, 2.05) is 48.7 Å². The monoisotopic (exact) mass is 566 g/mol. The second-order valence-corrected chi connectivity index (χ2v) is 10.4. The van der Waals surface area contributed by atoms with Crippen molar-refractivity contribution < 1.29 is 22.7 Å². The topological polar surface area (TPSA) is 93.1 Å². The van der Waals surface area contributed by atoms with Gasteiger partial charge in [-0.3, -0.25) is 4.79 Å². The van der Waals surface area contributed by atoms with E-state index in [0.717, 1.165) is 41.9 Å². The fourth-order valence-corrected chi connectivity index (χ4v) is 5.00. The Bertz CT molecular complexity index is 1480. The summed E-state index contributed by atoms with van der Waals surface area (Å²) in [6, 6.07) is 16.0. The highest BCUT2D eigenvalue weighted by Crippen LogP contribution is 2.24. The van der Waals surface area contributed by atoms with Crippen LogP contribution in [0.4, 0.5) is 18.9 Å². The molecule has 5 rings (SSSR count). The number of ether oxygens (including phenoxy) is 1. The predicted octanol–water partition coefficient (Wildman–Crippen LogP) is 5.27. The molecule has 11 heteroatoms. The Hall–Kier alpha value is -4.12. The van der Waals surface area contributed by atoms with Crippen molar-refractivity contribution >= 4 is 22.8 Å². The number of alkyl halides is 3. The number of hydrogen-bond acceptors (Lipinski definition) is 6. The predicted molar refractivity (Wildman–Crippen MR) is 151 cm³/mol. The van der Waals surface area contributed by atoms with E-state index < -0.39 is 6.36 Å². The van der Waals surface area contributed by atoms with Crippen LogP contribution in [0.3, 0.4) is 0 Å². The zero-order valence-electron chi connectivity index (χ0n) is 23.0. The summed E-state index contributed by atoms with van der Waals surface area (Å²) in [5, 5.41) is 9.93. The van der Waals surface area contributed by atoms with E-state index in [2.05, 4.69) is 25.7 Å². The molecule has 4 aromatic rings. The molecule has 1 unspecified atom stereocenters. The standard InChI is InChI=1S/C30H33F3N6O2/c1-19-15-26-29(35-16-19)39(18-21-3-9-25(10-4-21)41-30(31,32)33)27(38-26)11-12-28(40)36-20(2)22-5-7-23(8-6-22)37-24-13-14-34-17-24/h3-10,15-16,20,24,34,37H,11-14,17-18H2,1-2H3,(H,36,40)/t20?,24-/m0/s1. The lowest BCUT2D eigenvalue weighted by Gasteiger charge is -2.17. The minimum atomic E-state index is -4.75. The van der Waals surface area contributed by atoms with Gasteiger partial charge in [0.2, 0.25) is 5.91 Å². The highest BCUT2D eigenvalue weighted by molar-refractivity contribution is 5.77. The third-order valence-corrected chi connectivity index (χ3v) is 7.09. The second-order valence-electron chi connectivity index (χ2n) is 10.4. The summed E-state index contributed by atoms with van der Waals surface area (Å²) in [5.74, 6) is 0.287. The van der Waals surface area contributed by atoms with E-state index in [0.29, 0.717) is 36.0 Å². The molecule has 1 aliphatic heterocycles. The highest BCUT2D eigenvalue weighted by atomic mass is 19.4. The van der Waals surface area contributed by atoms with Crippen molar-refractivity contribution in [2.75, 3.05) is 18.4 Å². The van der Waals surface area contributed by atoms with Gasteiger partial charge < -0.3 is 25.3 Å². The zero-order valence-corrected chi connectivity index (χ0v) is 23.0. The average molecular weight is 567 g/mol. The van der Waals surface area contributed by atoms with Gasteiger partial charge in [-0.2, -0.15) is 0 Å². The number of hydrogen-bond donors (Lipinski definition) is 3. The maximum absolute atomic E-state index is 12.9. The van der Waals surface area contributed by atoms with Crippen molar-refractivity contribution in [1.29, 1.82) is 0 Å². The molecule has 0 bridgehead atoms. The smallest absolute Gasteiger partial charge is 0.406 e. The summed E-state index contributed by atoms with van der Waals surface area (Å²) < 4.78 is 43.5. The number of benzene rings is 2. The summed E-state index contributed by atoms with van der Waals surface area (Å²) in [6.45, 7) is 6.20. The first-order chi connectivity index (χ1) is 19.6. The van der Waals surface area contributed by atoms with Crippen LogP contribution in [0.1, 0.15) is 48.3 Å². The summed E-state index contributed by atoms with van der Waals surface area (Å²) in [5.41, 5.74) is 5.13. The quantitative estimate of drug-likeness (QED) is 0.242. The van der Waals surface area contributed by atoms with E-state index in [9.17, 15) is 18.0 Å². The maximum atomic E-state index is 12.9. The molecule has 2 aromatic carbocycles. The summed E-state index contributed by atoms with van der Waals surface area (Å²) in [4.78, 5) is 22.2. The van der Waals surface area contributed by atoms with Gasteiger partial charge in [0.1, 0.15) is 17.1 Å². The first-order valence-electron chi connectivity index (χ1n) is 13.7. The van der Waals surface area contributed by atoms with E-state index in [1.54, 1.807) is 18.3 Å². The van der Waals surface area contributed by atoms with Crippen LogP contribution in [-0.2, 0) is 17.8 Å². The van der Waals surface area contributed by atoms with Crippen LogP contribution in [-0.4, -0.2) is 45.9 Å². The number of fused-ring (bicyclic) bond motifs is 1. The molecule has 41 heavy (non-hydrogen) atoms. The summed E-state index contributed by atoms with van der Waals surface area (Å²) in [7, 11) is 0. The van der Waals surface area contributed by atoms with Crippen molar-refractivity contribution in [3.8, 4) is 5.75 Å². The van der Waals surface area contributed by atoms with Gasteiger partial charge >= 0.3 is 6.36 Å². The molecule has 216 valence electrons. The lowest BCUT2D eigenvalue weighted by molar-refractivity contribution is -0.274. The Morgan fingerprint density at radius 2 is 1.93 bits per heavy atom.